The molecule has 0 radical (unpaired) electrons. The molecule has 12 heavy (non-hydrogen) atoms. The summed E-state index contributed by atoms with van der Waals surface area (Å²) in [7, 11) is 0. The van der Waals surface area contributed by atoms with Gasteiger partial charge in [0.25, 0.3) is 6.43 Å². The molecule has 5 heteroatoms. The molecule has 0 spiro atoms. The van der Waals surface area contributed by atoms with Crippen molar-refractivity contribution >= 4 is 15.9 Å². The summed E-state index contributed by atoms with van der Waals surface area (Å²) >= 11 is 2.96. The molecule has 62 valence electrons. The fourth-order valence-corrected chi connectivity index (χ4v) is 1.11. The maximum Gasteiger partial charge on any atom is 0.265 e. The molecule has 2 nitrogen and oxygen atoms in total. The van der Waals surface area contributed by atoms with Crippen molar-refractivity contribution in [3.8, 4) is 6.07 Å². The maximum absolute atomic E-state index is 12.0. The van der Waals surface area contributed by atoms with Gasteiger partial charge in [-0.25, -0.2) is 13.8 Å². The topological polar surface area (TPSA) is 36.7 Å². The van der Waals surface area contributed by atoms with Crippen molar-refractivity contribution in [2.24, 2.45) is 0 Å². The second-order valence-electron chi connectivity index (χ2n) is 2.01. The number of aromatic nitrogens is 1. The molecule has 0 aliphatic heterocycles. The molecule has 1 aromatic rings. The Hall–Kier alpha value is -1.02. The fraction of sp³-hybridized carbons (Fsp3) is 0.143. The van der Waals surface area contributed by atoms with Gasteiger partial charge in [0.1, 0.15) is 6.07 Å². The van der Waals surface area contributed by atoms with Crippen molar-refractivity contribution in [3.63, 3.8) is 0 Å². The van der Waals surface area contributed by atoms with E-state index in [1.807, 2.05) is 0 Å². The van der Waals surface area contributed by atoms with Gasteiger partial charge in [0.2, 0.25) is 0 Å². The number of hydrogen-bond donors (Lipinski definition) is 0. The van der Waals surface area contributed by atoms with Gasteiger partial charge in [0.15, 0.2) is 5.69 Å². The Bertz CT molecular complexity index is 333. The molecular formula is C7H3BrF2N2. The molecule has 0 aliphatic rings. The van der Waals surface area contributed by atoms with E-state index in [1.165, 1.54) is 6.07 Å². The van der Waals surface area contributed by atoms with E-state index < -0.39 is 6.43 Å². The lowest BCUT2D eigenvalue weighted by Crippen LogP contribution is -1.90. The van der Waals surface area contributed by atoms with Gasteiger partial charge in [0.05, 0.1) is 4.47 Å². The Kier molecular flexibility index (Phi) is 2.71. The Morgan fingerprint density at radius 3 is 2.67 bits per heavy atom. The lowest BCUT2D eigenvalue weighted by atomic mass is 10.2. The zero-order valence-corrected chi connectivity index (χ0v) is 7.35. The molecule has 0 bridgehead atoms. The number of hydrogen-bond acceptors (Lipinski definition) is 2. The van der Waals surface area contributed by atoms with Crippen LogP contribution in [-0.2, 0) is 0 Å². The molecule has 0 fully saturated rings. The number of halogens is 3. The summed E-state index contributed by atoms with van der Waals surface area (Å²) in [6.07, 6.45) is -1.56. The van der Waals surface area contributed by atoms with E-state index in [1.54, 1.807) is 6.07 Å². The van der Waals surface area contributed by atoms with Crippen molar-refractivity contribution in [3.05, 3.63) is 28.0 Å². The molecule has 0 N–H and O–H groups in total. The quantitative estimate of drug-likeness (QED) is 0.747. The van der Waals surface area contributed by atoms with Gasteiger partial charge in [-0.05, 0) is 22.0 Å². The van der Waals surface area contributed by atoms with Gasteiger partial charge < -0.3 is 0 Å². The van der Waals surface area contributed by atoms with Crippen molar-refractivity contribution in [1.29, 1.82) is 5.26 Å². The van der Waals surface area contributed by atoms with Gasteiger partial charge in [-0.1, -0.05) is 0 Å². The van der Waals surface area contributed by atoms with Crippen LogP contribution in [0.5, 0.6) is 0 Å². The third kappa shape index (κ3) is 1.77. The molecular weight excluding hydrogens is 230 g/mol. The smallest absolute Gasteiger partial charge is 0.244 e. The summed E-state index contributed by atoms with van der Waals surface area (Å²) in [5.41, 5.74) is -0.0831. The number of nitriles is 1. The monoisotopic (exact) mass is 232 g/mol. The molecule has 1 rings (SSSR count). The second kappa shape index (κ2) is 3.59. The van der Waals surface area contributed by atoms with E-state index in [0.29, 0.717) is 4.47 Å². The van der Waals surface area contributed by atoms with E-state index in [0.717, 1.165) is 6.20 Å². The molecule has 0 aliphatic carbocycles. The molecule has 0 atom stereocenters. The van der Waals surface area contributed by atoms with E-state index in [2.05, 4.69) is 20.9 Å². The fourth-order valence-electron chi connectivity index (χ4n) is 0.654. The molecule has 0 unspecified atom stereocenters. The standard InChI is InChI=1S/C7H3BrF2N2/c8-5-1-4(7(9)10)3-12-6(5)2-11/h1,3,7H. The first kappa shape index (κ1) is 9.07. The zero-order chi connectivity index (χ0) is 9.14. The highest BCUT2D eigenvalue weighted by atomic mass is 79.9. The van der Waals surface area contributed by atoms with Gasteiger partial charge in [-0.2, -0.15) is 5.26 Å². The first-order chi connectivity index (χ1) is 5.65. The second-order valence-corrected chi connectivity index (χ2v) is 2.87. The first-order valence-electron chi connectivity index (χ1n) is 2.99. The lowest BCUT2D eigenvalue weighted by molar-refractivity contribution is 0.151. The average Bonchev–Trinajstić information content (AvgIpc) is 2.04. The summed E-state index contributed by atoms with van der Waals surface area (Å²) in [5, 5.41) is 8.42. The van der Waals surface area contributed by atoms with E-state index in [-0.39, 0.29) is 11.3 Å². The number of nitrogens with zero attached hydrogens (tertiary/aromatic N) is 2. The van der Waals surface area contributed by atoms with Crippen LogP contribution in [0.2, 0.25) is 0 Å². The van der Waals surface area contributed by atoms with Crippen LogP contribution in [0, 0.1) is 11.3 Å². The van der Waals surface area contributed by atoms with Crippen LogP contribution in [0.15, 0.2) is 16.7 Å². The minimum absolute atomic E-state index is 0.111. The van der Waals surface area contributed by atoms with E-state index >= 15 is 0 Å². The molecule has 0 saturated carbocycles. The predicted octanol–water partition coefficient (Wildman–Crippen LogP) is 2.65. The first-order valence-corrected chi connectivity index (χ1v) is 3.78. The third-order valence-corrected chi connectivity index (χ3v) is 1.82. The predicted molar refractivity (Wildman–Crippen MR) is 41.6 cm³/mol. The van der Waals surface area contributed by atoms with E-state index in [9.17, 15) is 8.78 Å². The zero-order valence-electron chi connectivity index (χ0n) is 5.76. The summed E-state index contributed by atoms with van der Waals surface area (Å²) < 4.78 is 24.4. The highest BCUT2D eigenvalue weighted by molar-refractivity contribution is 9.10. The van der Waals surface area contributed by atoms with Gasteiger partial charge in [0, 0.05) is 11.8 Å². The average molecular weight is 233 g/mol. The third-order valence-electron chi connectivity index (χ3n) is 1.22. The van der Waals surface area contributed by atoms with Crippen LogP contribution in [0.25, 0.3) is 0 Å². The van der Waals surface area contributed by atoms with Gasteiger partial charge >= 0.3 is 0 Å². The van der Waals surface area contributed by atoms with E-state index in [4.69, 9.17) is 5.26 Å². The van der Waals surface area contributed by atoms with Crippen LogP contribution in [0.3, 0.4) is 0 Å². The van der Waals surface area contributed by atoms with Gasteiger partial charge in [-0.15, -0.1) is 0 Å². The Morgan fingerprint density at radius 2 is 2.25 bits per heavy atom. The number of alkyl halides is 2. The number of rotatable bonds is 1. The van der Waals surface area contributed by atoms with Crippen LogP contribution in [-0.4, -0.2) is 4.98 Å². The molecule has 1 aromatic heterocycles. The van der Waals surface area contributed by atoms with Crippen molar-refractivity contribution < 1.29 is 8.78 Å². The van der Waals surface area contributed by atoms with Crippen molar-refractivity contribution in [1.82, 2.24) is 4.98 Å². The molecule has 0 aromatic carbocycles. The molecule has 1 heterocycles. The van der Waals surface area contributed by atoms with Crippen LogP contribution in [0.4, 0.5) is 8.78 Å². The van der Waals surface area contributed by atoms with Crippen molar-refractivity contribution in [2.45, 2.75) is 6.43 Å². The molecule has 0 amide bonds. The minimum Gasteiger partial charge on any atom is -0.244 e. The summed E-state index contributed by atoms with van der Waals surface area (Å²) in [4.78, 5) is 3.53. The summed E-state index contributed by atoms with van der Waals surface area (Å²) in [6, 6.07) is 2.95. The highest BCUT2D eigenvalue weighted by Crippen LogP contribution is 2.22. The normalized spacial score (nSPS) is 9.92. The Labute approximate surface area is 76.0 Å². The Balaban J connectivity index is 3.12. The lowest BCUT2D eigenvalue weighted by Gasteiger charge is -1.99. The van der Waals surface area contributed by atoms with Gasteiger partial charge in [-0.3, -0.25) is 0 Å². The highest BCUT2D eigenvalue weighted by Gasteiger charge is 2.09. The largest absolute Gasteiger partial charge is 0.265 e. The Morgan fingerprint density at radius 1 is 1.58 bits per heavy atom. The molecule has 0 saturated heterocycles. The summed E-state index contributed by atoms with van der Waals surface area (Å²) in [5.74, 6) is 0. The number of pyridine rings is 1. The SMILES string of the molecule is N#Cc1ncc(C(F)F)cc1Br. The van der Waals surface area contributed by atoms with Crippen LogP contribution < -0.4 is 0 Å². The van der Waals surface area contributed by atoms with Crippen LogP contribution >= 0.6 is 15.9 Å². The van der Waals surface area contributed by atoms with Crippen LogP contribution in [0.1, 0.15) is 17.7 Å². The summed E-state index contributed by atoms with van der Waals surface area (Å²) in [6.45, 7) is 0. The van der Waals surface area contributed by atoms with Crippen molar-refractivity contribution in [2.75, 3.05) is 0 Å². The maximum atomic E-state index is 12.0. The minimum atomic E-state index is -2.55.